The SMILES string of the molecule is CCCC/C(=C\c1cc(C)cc(Br)c1C)C(N)=O. The van der Waals surface area contributed by atoms with E-state index in [9.17, 15) is 4.79 Å². The minimum absolute atomic E-state index is 0.319. The number of primary amides is 1. The zero-order valence-electron chi connectivity index (χ0n) is 11.2. The standard InChI is InChI=1S/C15H20BrNO/c1-4-5-6-12(15(17)18)9-13-7-10(2)8-14(16)11(13)3/h7-9H,4-6H2,1-3H3,(H2,17,18)/b12-9+. The van der Waals surface area contributed by atoms with Crippen LogP contribution in [0.1, 0.15) is 42.9 Å². The van der Waals surface area contributed by atoms with Crippen molar-refractivity contribution in [3.8, 4) is 0 Å². The molecule has 1 aromatic carbocycles. The maximum absolute atomic E-state index is 11.4. The number of benzene rings is 1. The monoisotopic (exact) mass is 309 g/mol. The summed E-state index contributed by atoms with van der Waals surface area (Å²) in [4.78, 5) is 11.4. The predicted molar refractivity (Wildman–Crippen MR) is 80.3 cm³/mol. The van der Waals surface area contributed by atoms with Crippen LogP contribution in [0.3, 0.4) is 0 Å². The molecule has 2 N–H and O–H groups in total. The lowest BCUT2D eigenvalue weighted by atomic mass is 10.00. The third kappa shape index (κ3) is 3.98. The summed E-state index contributed by atoms with van der Waals surface area (Å²) in [6, 6.07) is 4.15. The molecule has 3 heteroatoms. The van der Waals surface area contributed by atoms with Crippen molar-refractivity contribution in [1.82, 2.24) is 0 Å². The van der Waals surface area contributed by atoms with E-state index in [1.807, 2.05) is 19.9 Å². The van der Waals surface area contributed by atoms with Crippen LogP contribution in [0.25, 0.3) is 6.08 Å². The highest BCUT2D eigenvalue weighted by molar-refractivity contribution is 9.10. The van der Waals surface area contributed by atoms with Gasteiger partial charge in [0.25, 0.3) is 0 Å². The summed E-state index contributed by atoms with van der Waals surface area (Å²) in [6.45, 7) is 6.18. The molecule has 0 aliphatic rings. The quantitative estimate of drug-likeness (QED) is 0.817. The molecule has 0 saturated carbocycles. The highest BCUT2D eigenvalue weighted by Gasteiger charge is 2.07. The molecule has 1 amide bonds. The van der Waals surface area contributed by atoms with Gasteiger partial charge in [0, 0.05) is 10.0 Å². The van der Waals surface area contributed by atoms with Gasteiger partial charge in [-0.3, -0.25) is 4.79 Å². The molecular formula is C15H20BrNO. The summed E-state index contributed by atoms with van der Waals surface area (Å²) < 4.78 is 1.06. The minimum atomic E-state index is -0.319. The number of rotatable bonds is 5. The fourth-order valence-corrected chi connectivity index (χ4v) is 2.40. The van der Waals surface area contributed by atoms with E-state index in [-0.39, 0.29) is 5.91 Å². The van der Waals surface area contributed by atoms with Crippen LogP contribution >= 0.6 is 15.9 Å². The van der Waals surface area contributed by atoms with Gasteiger partial charge < -0.3 is 5.73 Å². The van der Waals surface area contributed by atoms with Crippen molar-refractivity contribution in [3.63, 3.8) is 0 Å². The summed E-state index contributed by atoms with van der Waals surface area (Å²) in [5, 5.41) is 0. The molecule has 0 heterocycles. The molecule has 18 heavy (non-hydrogen) atoms. The molecule has 98 valence electrons. The van der Waals surface area contributed by atoms with Gasteiger partial charge in [0.2, 0.25) is 5.91 Å². The third-order valence-electron chi connectivity index (χ3n) is 2.97. The van der Waals surface area contributed by atoms with E-state index < -0.39 is 0 Å². The maximum atomic E-state index is 11.4. The highest BCUT2D eigenvalue weighted by atomic mass is 79.9. The molecule has 1 aromatic rings. The van der Waals surface area contributed by atoms with Crippen LogP contribution in [0, 0.1) is 13.8 Å². The lowest BCUT2D eigenvalue weighted by Gasteiger charge is -2.08. The number of amides is 1. The van der Waals surface area contributed by atoms with Crippen molar-refractivity contribution in [2.24, 2.45) is 5.73 Å². The van der Waals surface area contributed by atoms with Crippen LogP contribution < -0.4 is 5.73 Å². The van der Waals surface area contributed by atoms with E-state index in [0.717, 1.165) is 40.4 Å². The molecule has 2 nitrogen and oxygen atoms in total. The fraction of sp³-hybridized carbons (Fsp3) is 0.400. The second kappa shape index (κ2) is 6.74. The lowest BCUT2D eigenvalue weighted by Crippen LogP contribution is -2.13. The minimum Gasteiger partial charge on any atom is -0.366 e. The van der Waals surface area contributed by atoms with E-state index >= 15 is 0 Å². The first-order valence-electron chi connectivity index (χ1n) is 6.22. The summed E-state index contributed by atoms with van der Waals surface area (Å²) in [5.74, 6) is -0.319. The number of hydrogen-bond donors (Lipinski definition) is 1. The normalized spacial score (nSPS) is 11.7. The molecule has 0 saturated heterocycles. The number of carbonyl (C=O) groups excluding carboxylic acids is 1. The van der Waals surface area contributed by atoms with Gasteiger partial charge in [-0.05, 0) is 55.5 Å². The van der Waals surface area contributed by atoms with Crippen LogP contribution in [0.15, 0.2) is 22.2 Å². The van der Waals surface area contributed by atoms with Crippen molar-refractivity contribution in [3.05, 3.63) is 38.9 Å². The Hall–Kier alpha value is -1.09. The van der Waals surface area contributed by atoms with Crippen LogP contribution in [0.4, 0.5) is 0 Å². The maximum Gasteiger partial charge on any atom is 0.244 e. The fourth-order valence-electron chi connectivity index (χ4n) is 1.81. The Labute approximate surface area is 117 Å². The van der Waals surface area contributed by atoms with E-state index in [0.29, 0.717) is 5.57 Å². The van der Waals surface area contributed by atoms with Gasteiger partial charge in [-0.2, -0.15) is 0 Å². The molecule has 0 aliphatic heterocycles. The molecular weight excluding hydrogens is 290 g/mol. The van der Waals surface area contributed by atoms with Gasteiger partial charge in [0.15, 0.2) is 0 Å². The molecule has 0 unspecified atom stereocenters. The predicted octanol–water partition coefficient (Wildman–Crippen LogP) is 4.12. The Morgan fingerprint density at radius 2 is 2.06 bits per heavy atom. The first-order valence-corrected chi connectivity index (χ1v) is 7.02. The summed E-state index contributed by atoms with van der Waals surface area (Å²) >= 11 is 3.53. The number of carbonyl (C=O) groups is 1. The van der Waals surface area contributed by atoms with Crippen molar-refractivity contribution in [2.45, 2.75) is 40.0 Å². The van der Waals surface area contributed by atoms with Gasteiger partial charge in [0.05, 0.1) is 0 Å². The number of nitrogens with two attached hydrogens (primary N) is 1. The Kier molecular flexibility index (Phi) is 5.60. The van der Waals surface area contributed by atoms with E-state index in [1.54, 1.807) is 0 Å². The summed E-state index contributed by atoms with van der Waals surface area (Å²) in [7, 11) is 0. The van der Waals surface area contributed by atoms with Gasteiger partial charge in [-0.25, -0.2) is 0 Å². The molecule has 0 aromatic heterocycles. The van der Waals surface area contributed by atoms with Gasteiger partial charge in [0.1, 0.15) is 0 Å². The van der Waals surface area contributed by atoms with E-state index in [1.165, 1.54) is 0 Å². The zero-order valence-corrected chi connectivity index (χ0v) is 12.8. The molecule has 0 bridgehead atoms. The topological polar surface area (TPSA) is 43.1 Å². The van der Waals surface area contributed by atoms with Gasteiger partial charge >= 0.3 is 0 Å². The van der Waals surface area contributed by atoms with E-state index in [4.69, 9.17) is 5.73 Å². The van der Waals surface area contributed by atoms with Crippen LogP contribution in [-0.2, 0) is 4.79 Å². The van der Waals surface area contributed by atoms with Crippen LogP contribution in [-0.4, -0.2) is 5.91 Å². The van der Waals surface area contributed by atoms with Crippen molar-refractivity contribution >= 4 is 27.9 Å². The molecule has 1 rings (SSSR count). The van der Waals surface area contributed by atoms with Crippen LogP contribution in [0.5, 0.6) is 0 Å². The van der Waals surface area contributed by atoms with Crippen molar-refractivity contribution in [1.29, 1.82) is 0 Å². The first-order chi connectivity index (χ1) is 8.45. The lowest BCUT2D eigenvalue weighted by molar-refractivity contribution is -0.114. The summed E-state index contributed by atoms with van der Waals surface area (Å²) in [5.41, 5.74) is 9.50. The largest absolute Gasteiger partial charge is 0.366 e. The Balaban J connectivity index is 3.15. The smallest absolute Gasteiger partial charge is 0.244 e. The first kappa shape index (κ1) is 15.0. The number of unbranched alkanes of at least 4 members (excludes halogenated alkanes) is 1. The van der Waals surface area contributed by atoms with E-state index in [2.05, 4.69) is 35.0 Å². The molecule has 0 fully saturated rings. The molecule has 0 radical (unpaired) electrons. The van der Waals surface area contributed by atoms with Crippen LogP contribution in [0.2, 0.25) is 0 Å². The van der Waals surface area contributed by atoms with Crippen molar-refractivity contribution in [2.75, 3.05) is 0 Å². The Morgan fingerprint density at radius 1 is 1.39 bits per heavy atom. The second-order valence-corrected chi connectivity index (χ2v) is 5.45. The van der Waals surface area contributed by atoms with Gasteiger partial charge in [-0.1, -0.05) is 35.3 Å². The zero-order chi connectivity index (χ0) is 13.7. The average Bonchev–Trinajstić information content (AvgIpc) is 2.29. The molecule has 0 spiro atoms. The van der Waals surface area contributed by atoms with Crippen molar-refractivity contribution < 1.29 is 4.79 Å². The number of halogens is 1. The Morgan fingerprint density at radius 3 is 2.61 bits per heavy atom. The average molecular weight is 310 g/mol. The van der Waals surface area contributed by atoms with Gasteiger partial charge in [-0.15, -0.1) is 0 Å². The second-order valence-electron chi connectivity index (χ2n) is 4.60. The summed E-state index contributed by atoms with van der Waals surface area (Å²) in [6.07, 6.45) is 4.71. The molecule has 0 aliphatic carbocycles. The number of aryl methyl sites for hydroxylation is 1. The highest BCUT2D eigenvalue weighted by Crippen LogP contribution is 2.24. The third-order valence-corrected chi connectivity index (χ3v) is 3.80. The Bertz CT molecular complexity index is 478. The number of hydrogen-bond acceptors (Lipinski definition) is 1. The molecule has 0 atom stereocenters.